The number of nitrogens with two attached hydrogens (primary N) is 1. The molecular weight excluding hydrogens is 211 g/mol. The van der Waals surface area contributed by atoms with Crippen LogP contribution in [0.15, 0.2) is 18.2 Å². The van der Waals surface area contributed by atoms with E-state index >= 15 is 0 Å². The molecule has 0 unspecified atom stereocenters. The molecular formula is C8H6F3N3O. The second-order valence-corrected chi connectivity index (χ2v) is 2.85. The third kappa shape index (κ3) is 2.12. The number of hydrogen-bond acceptors (Lipinski definition) is 3. The van der Waals surface area contributed by atoms with Crippen molar-refractivity contribution >= 4 is 17.0 Å². The lowest BCUT2D eigenvalue weighted by molar-refractivity contribution is -0.274. The number of aromatic nitrogens is 2. The lowest BCUT2D eigenvalue weighted by atomic mass is 10.3. The van der Waals surface area contributed by atoms with Gasteiger partial charge >= 0.3 is 6.36 Å². The van der Waals surface area contributed by atoms with Gasteiger partial charge in [0.2, 0.25) is 0 Å². The minimum absolute atomic E-state index is 0.147. The van der Waals surface area contributed by atoms with Gasteiger partial charge in [-0.1, -0.05) is 0 Å². The fourth-order valence-corrected chi connectivity index (χ4v) is 1.21. The van der Waals surface area contributed by atoms with E-state index in [9.17, 15) is 13.2 Å². The summed E-state index contributed by atoms with van der Waals surface area (Å²) < 4.78 is 39.4. The van der Waals surface area contributed by atoms with Crippen LogP contribution in [0.3, 0.4) is 0 Å². The van der Waals surface area contributed by atoms with Crippen molar-refractivity contribution < 1.29 is 17.9 Å². The van der Waals surface area contributed by atoms with Crippen LogP contribution in [0.4, 0.5) is 19.1 Å². The molecule has 1 aromatic heterocycles. The van der Waals surface area contributed by atoms with E-state index in [1.165, 1.54) is 18.2 Å². The van der Waals surface area contributed by atoms with Crippen LogP contribution < -0.4 is 10.5 Å². The van der Waals surface area contributed by atoms with E-state index in [-0.39, 0.29) is 11.7 Å². The number of nitrogens with one attached hydrogen (secondary N) is 1. The lowest BCUT2D eigenvalue weighted by Crippen LogP contribution is -2.16. The fraction of sp³-hybridized carbons (Fsp3) is 0.125. The Morgan fingerprint density at radius 1 is 1.33 bits per heavy atom. The number of hydrogen-bond donors (Lipinski definition) is 2. The molecule has 0 bridgehead atoms. The Morgan fingerprint density at radius 3 is 2.73 bits per heavy atom. The van der Waals surface area contributed by atoms with E-state index < -0.39 is 6.36 Å². The maximum atomic E-state index is 11.9. The van der Waals surface area contributed by atoms with Crippen molar-refractivity contribution in [2.24, 2.45) is 0 Å². The van der Waals surface area contributed by atoms with Gasteiger partial charge in [0.05, 0.1) is 11.0 Å². The minimum Gasteiger partial charge on any atom is -0.406 e. The third-order valence-corrected chi connectivity index (χ3v) is 1.71. The molecule has 1 heterocycles. The molecule has 0 aliphatic heterocycles. The number of imidazole rings is 1. The fourth-order valence-electron chi connectivity index (χ4n) is 1.21. The minimum atomic E-state index is -4.70. The summed E-state index contributed by atoms with van der Waals surface area (Å²) >= 11 is 0. The Morgan fingerprint density at radius 2 is 2.07 bits per heavy atom. The number of benzene rings is 1. The topological polar surface area (TPSA) is 63.9 Å². The average Bonchev–Trinajstić information content (AvgIpc) is 2.40. The Hall–Kier alpha value is -1.92. The van der Waals surface area contributed by atoms with Crippen molar-refractivity contribution in [1.29, 1.82) is 0 Å². The summed E-state index contributed by atoms with van der Waals surface area (Å²) in [5.74, 6) is -0.159. The van der Waals surface area contributed by atoms with Gasteiger partial charge in [0.25, 0.3) is 0 Å². The third-order valence-electron chi connectivity index (χ3n) is 1.71. The molecule has 0 amide bonds. The van der Waals surface area contributed by atoms with E-state index in [0.29, 0.717) is 11.0 Å². The molecule has 7 heteroatoms. The van der Waals surface area contributed by atoms with Gasteiger partial charge in [0.15, 0.2) is 5.95 Å². The van der Waals surface area contributed by atoms with Crippen LogP contribution in [-0.2, 0) is 0 Å². The standard InChI is InChI=1S/C8H6F3N3O/c9-8(10,11)15-4-1-2-5-6(3-4)14-7(12)13-5/h1-3H,(H3,12,13,14). The first kappa shape index (κ1) is 9.63. The average molecular weight is 217 g/mol. The molecule has 1 aromatic carbocycles. The van der Waals surface area contributed by atoms with Gasteiger partial charge in [-0.25, -0.2) is 4.98 Å². The number of anilines is 1. The van der Waals surface area contributed by atoms with Crippen LogP contribution in [-0.4, -0.2) is 16.3 Å². The van der Waals surface area contributed by atoms with E-state index in [4.69, 9.17) is 5.73 Å². The molecule has 0 saturated heterocycles. The highest BCUT2D eigenvalue weighted by Gasteiger charge is 2.31. The van der Waals surface area contributed by atoms with Crippen molar-refractivity contribution in [2.75, 3.05) is 5.73 Å². The summed E-state index contributed by atoms with van der Waals surface area (Å²) in [5.41, 5.74) is 6.22. The van der Waals surface area contributed by atoms with Gasteiger partial charge < -0.3 is 15.5 Å². The van der Waals surface area contributed by atoms with Crippen LogP contribution in [0, 0.1) is 0 Å². The number of alkyl halides is 3. The number of ether oxygens (including phenoxy) is 1. The zero-order valence-electron chi connectivity index (χ0n) is 7.30. The number of halogens is 3. The molecule has 4 nitrogen and oxygen atoms in total. The second kappa shape index (κ2) is 3.04. The Bertz CT molecular complexity index is 491. The van der Waals surface area contributed by atoms with Gasteiger partial charge in [-0.2, -0.15) is 0 Å². The van der Waals surface area contributed by atoms with Gasteiger partial charge in [-0.15, -0.1) is 13.2 Å². The molecule has 15 heavy (non-hydrogen) atoms. The first-order chi connectivity index (χ1) is 6.94. The first-order valence-electron chi connectivity index (χ1n) is 3.95. The van der Waals surface area contributed by atoms with E-state index in [1.54, 1.807) is 0 Å². The highest BCUT2D eigenvalue weighted by molar-refractivity contribution is 5.78. The Balaban J connectivity index is 2.38. The van der Waals surface area contributed by atoms with Crippen molar-refractivity contribution in [3.05, 3.63) is 18.2 Å². The first-order valence-corrected chi connectivity index (χ1v) is 3.95. The SMILES string of the molecule is Nc1nc2ccc(OC(F)(F)F)cc2[nH]1. The molecule has 0 atom stereocenters. The summed E-state index contributed by atoms with van der Waals surface area (Å²) in [6, 6.07) is 3.76. The molecule has 0 fully saturated rings. The number of nitrogens with zero attached hydrogens (tertiary/aromatic N) is 1. The predicted octanol–water partition coefficient (Wildman–Crippen LogP) is 2.04. The number of H-pyrrole nitrogens is 1. The predicted molar refractivity (Wildman–Crippen MR) is 47.2 cm³/mol. The van der Waals surface area contributed by atoms with E-state index in [1.807, 2.05) is 0 Å². The van der Waals surface area contributed by atoms with Gasteiger partial charge in [0.1, 0.15) is 5.75 Å². The molecule has 2 rings (SSSR count). The van der Waals surface area contributed by atoms with Crippen LogP contribution >= 0.6 is 0 Å². The van der Waals surface area contributed by atoms with E-state index in [2.05, 4.69) is 14.7 Å². The summed E-state index contributed by atoms with van der Waals surface area (Å²) in [5, 5.41) is 0. The monoisotopic (exact) mass is 217 g/mol. The number of aromatic amines is 1. The number of rotatable bonds is 1. The van der Waals surface area contributed by atoms with Gasteiger partial charge in [0, 0.05) is 6.07 Å². The van der Waals surface area contributed by atoms with Crippen LogP contribution in [0.5, 0.6) is 5.75 Å². The van der Waals surface area contributed by atoms with Crippen LogP contribution in [0.2, 0.25) is 0 Å². The van der Waals surface area contributed by atoms with Crippen molar-refractivity contribution in [2.45, 2.75) is 6.36 Å². The summed E-state index contributed by atoms with van der Waals surface area (Å²) in [7, 11) is 0. The zero-order chi connectivity index (χ0) is 11.1. The maximum absolute atomic E-state index is 11.9. The molecule has 0 aliphatic carbocycles. The Kier molecular flexibility index (Phi) is 1.95. The van der Waals surface area contributed by atoms with Gasteiger partial charge in [-0.05, 0) is 12.1 Å². The molecule has 0 aliphatic rings. The molecule has 0 saturated carbocycles. The van der Waals surface area contributed by atoms with Crippen molar-refractivity contribution in [3.8, 4) is 5.75 Å². The summed E-state index contributed by atoms with van der Waals surface area (Å²) in [6.45, 7) is 0. The molecule has 2 aromatic rings. The van der Waals surface area contributed by atoms with Crippen LogP contribution in [0.25, 0.3) is 11.0 Å². The molecule has 0 radical (unpaired) electrons. The lowest BCUT2D eigenvalue weighted by Gasteiger charge is -2.07. The van der Waals surface area contributed by atoms with Crippen molar-refractivity contribution in [1.82, 2.24) is 9.97 Å². The summed E-state index contributed by atoms with van der Waals surface area (Å²) in [4.78, 5) is 6.44. The molecule has 3 N–H and O–H groups in total. The van der Waals surface area contributed by atoms with E-state index in [0.717, 1.165) is 0 Å². The highest BCUT2D eigenvalue weighted by Crippen LogP contribution is 2.25. The molecule has 0 spiro atoms. The maximum Gasteiger partial charge on any atom is 0.573 e. The smallest absolute Gasteiger partial charge is 0.406 e. The summed E-state index contributed by atoms with van der Waals surface area (Å²) in [6.07, 6.45) is -4.70. The van der Waals surface area contributed by atoms with Crippen molar-refractivity contribution in [3.63, 3.8) is 0 Å². The van der Waals surface area contributed by atoms with Crippen LogP contribution in [0.1, 0.15) is 0 Å². The normalized spacial score (nSPS) is 11.9. The second-order valence-electron chi connectivity index (χ2n) is 2.85. The Labute approximate surface area is 81.9 Å². The number of nitrogen functional groups attached to an aromatic ring is 1. The quantitative estimate of drug-likeness (QED) is 0.768. The van der Waals surface area contributed by atoms with Gasteiger partial charge in [-0.3, -0.25) is 0 Å². The zero-order valence-corrected chi connectivity index (χ0v) is 7.30. The number of fused-ring (bicyclic) bond motifs is 1. The largest absolute Gasteiger partial charge is 0.573 e. The molecule has 80 valence electrons. The highest BCUT2D eigenvalue weighted by atomic mass is 19.4.